The molecule has 1 aliphatic rings. The van der Waals surface area contributed by atoms with E-state index in [-0.39, 0.29) is 13.2 Å². The number of halogens is 1. The number of ether oxygens (including phenoxy) is 2. The molecule has 1 aliphatic heterocycles. The molecule has 1 aromatic carbocycles. The molecule has 0 aliphatic carbocycles. The first-order chi connectivity index (χ1) is 8.61. The molecule has 3 N–H and O–H groups in total. The summed E-state index contributed by atoms with van der Waals surface area (Å²) >= 11 is 5.75. The smallest absolute Gasteiger partial charge is 0.187 e. The van der Waals surface area contributed by atoms with Crippen molar-refractivity contribution in [3.8, 4) is 0 Å². The predicted octanol–water partition coefficient (Wildman–Crippen LogP) is 0.296. The zero-order chi connectivity index (χ0) is 13.1. The summed E-state index contributed by atoms with van der Waals surface area (Å²) in [6, 6.07) is 7.06. The van der Waals surface area contributed by atoms with Gasteiger partial charge in [0.15, 0.2) is 6.29 Å². The molecule has 0 unspecified atom stereocenters. The zero-order valence-corrected chi connectivity index (χ0v) is 10.3. The molecule has 18 heavy (non-hydrogen) atoms. The molecule has 1 saturated heterocycles. The molecule has 2 rings (SSSR count). The Labute approximate surface area is 110 Å². The molecule has 0 saturated carbocycles. The van der Waals surface area contributed by atoms with E-state index in [1.165, 1.54) is 0 Å². The van der Waals surface area contributed by atoms with Crippen LogP contribution < -0.4 is 0 Å². The topological polar surface area (TPSA) is 79.2 Å². The summed E-state index contributed by atoms with van der Waals surface area (Å²) in [4.78, 5) is 0. The number of aliphatic hydroxyl groups is 3. The first-order valence-electron chi connectivity index (χ1n) is 5.60. The van der Waals surface area contributed by atoms with Gasteiger partial charge in [-0.25, -0.2) is 0 Å². The molecule has 5 nitrogen and oxygen atoms in total. The van der Waals surface area contributed by atoms with Crippen molar-refractivity contribution in [3.63, 3.8) is 0 Å². The van der Waals surface area contributed by atoms with Crippen LogP contribution in [0.15, 0.2) is 24.3 Å². The molecular weight excluding hydrogens is 260 g/mol. The van der Waals surface area contributed by atoms with Gasteiger partial charge in [-0.1, -0.05) is 23.7 Å². The summed E-state index contributed by atoms with van der Waals surface area (Å²) in [5, 5.41) is 28.7. The second-order valence-corrected chi connectivity index (χ2v) is 4.58. The summed E-state index contributed by atoms with van der Waals surface area (Å²) in [7, 11) is 0. The van der Waals surface area contributed by atoms with E-state index in [1.54, 1.807) is 24.3 Å². The van der Waals surface area contributed by atoms with Crippen molar-refractivity contribution in [1.29, 1.82) is 0 Å². The fourth-order valence-corrected chi connectivity index (χ4v) is 1.89. The highest BCUT2D eigenvalue weighted by Crippen LogP contribution is 2.23. The van der Waals surface area contributed by atoms with Crippen molar-refractivity contribution in [2.75, 3.05) is 6.61 Å². The Morgan fingerprint density at radius 1 is 1.17 bits per heavy atom. The van der Waals surface area contributed by atoms with Gasteiger partial charge < -0.3 is 24.8 Å². The van der Waals surface area contributed by atoms with E-state index in [4.69, 9.17) is 26.2 Å². The fourth-order valence-electron chi connectivity index (χ4n) is 1.76. The van der Waals surface area contributed by atoms with Crippen LogP contribution in [0.4, 0.5) is 0 Å². The third-order valence-electron chi connectivity index (χ3n) is 2.83. The number of aliphatic hydroxyl groups excluding tert-OH is 3. The van der Waals surface area contributed by atoms with Gasteiger partial charge in [0.2, 0.25) is 0 Å². The largest absolute Gasteiger partial charge is 0.394 e. The van der Waals surface area contributed by atoms with Crippen LogP contribution in [0.1, 0.15) is 5.56 Å². The van der Waals surface area contributed by atoms with Crippen LogP contribution >= 0.6 is 11.6 Å². The van der Waals surface area contributed by atoms with E-state index in [0.717, 1.165) is 5.56 Å². The molecule has 0 bridgehead atoms. The Kier molecular flexibility index (Phi) is 4.55. The Morgan fingerprint density at radius 3 is 2.39 bits per heavy atom. The molecule has 0 spiro atoms. The van der Waals surface area contributed by atoms with E-state index in [0.29, 0.717) is 5.02 Å². The highest BCUT2D eigenvalue weighted by atomic mass is 35.5. The SMILES string of the molecule is OC[C@H]1O[C@H](OCc2ccc(Cl)cc2)[C@H](O)[C@@H]1O. The average molecular weight is 275 g/mol. The standard InChI is InChI=1S/C12H15ClO5/c13-8-3-1-7(2-4-8)6-17-12-11(16)10(15)9(5-14)18-12/h1-4,9-12,14-16H,5-6H2/t9-,10-,11-,12+/m1/s1. The lowest BCUT2D eigenvalue weighted by atomic mass is 10.1. The summed E-state index contributed by atoms with van der Waals surface area (Å²) in [6.45, 7) is -0.136. The van der Waals surface area contributed by atoms with Crippen LogP contribution in [0.5, 0.6) is 0 Å². The lowest BCUT2D eigenvalue weighted by Gasteiger charge is -2.15. The first-order valence-corrected chi connectivity index (χ1v) is 5.98. The second-order valence-electron chi connectivity index (χ2n) is 4.14. The van der Waals surface area contributed by atoms with E-state index >= 15 is 0 Å². The van der Waals surface area contributed by atoms with Gasteiger partial charge in [0.25, 0.3) is 0 Å². The van der Waals surface area contributed by atoms with E-state index in [9.17, 15) is 10.2 Å². The Hall–Kier alpha value is -0.690. The van der Waals surface area contributed by atoms with Crippen molar-refractivity contribution in [2.45, 2.75) is 31.2 Å². The third-order valence-corrected chi connectivity index (χ3v) is 3.08. The van der Waals surface area contributed by atoms with Crippen molar-refractivity contribution < 1.29 is 24.8 Å². The van der Waals surface area contributed by atoms with Gasteiger partial charge >= 0.3 is 0 Å². The van der Waals surface area contributed by atoms with E-state index in [2.05, 4.69) is 0 Å². The lowest BCUT2D eigenvalue weighted by Crippen LogP contribution is -2.34. The summed E-state index contributed by atoms with van der Waals surface area (Å²) in [6.07, 6.45) is -4.04. The molecule has 6 heteroatoms. The van der Waals surface area contributed by atoms with Crippen LogP contribution in [0.25, 0.3) is 0 Å². The van der Waals surface area contributed by atoms with Gasteiger partial charge in [-0.3, -0.25) is 0 Å². The van der Waals surface area contributed by atoms with Crippen molar-refractivity contribution in [3.05, 3.63) is 34.9 Å². The van der Waals surface area contributed by atoms with Crippen LogP contribution in [0.3, 0.4) is 0 Å². The fraction of sp³-hybridized carbons (Fsp3) is 0.500. The quantitative estimate of drug-likeness (QED) is 0.736. The third kappa shape index (κ3) is 3.00. The van der Waals surface area contributed by atoms with E-state index < -0.39 is 24.6 Å². The van der Waals surface area contributed by atoms with Gasteiger partial charge in [0.1, 0.15) is 18.3 Å². The monoisotopic (exact) mass is 274 g/mol. The molecule has 0 radical (unpaired) electrons. The second kappa shape index (κ2) is 5.97. The highest BCUT2D eigenvalue weighted by molar-refractivity contribution is 6.30. The van der Waals surface area contributed by atoms with Gasteiger partial charge in [-0.2, -0.15) is 0 Å². The lowest BCUT2D eigenvalue weighted by molar-refractivity contribution is -0.175. The van der Waals surface area contributed by atoms with Crippen LogP contribution in [-0.2, 0) is 16.1 Å². The summed E-state index contributed by atoms with van der Waals surface area (Å²) in [5.41, 5.74) is 0.872. The van der Waals surface area contributed by atoms with Crippen LogP contribution in [-0.4, -0.2) is 46.5 Å². The maximum absolute atomic E-state index is 9.65. The van der Waals surface area contributed by atoms with Crippen molar-refractivity contribution in [2.24, 2.45) is 0 Å². The Bertz CT molecular complexity index is 383. The molecule has 1 fully saturated rings. The normalized spacial score (nSPS) is 31.8. The molecule has 0 amide bonds. The molecular formula is C12H15ClO5. The maximum atomic E-state index is 9.65. The maximum Gasteiger partial charge on any atom is 0.187 e. The minimum atomic E-state index is -1.16. The van der Waals surface area contributed by atoms with Gasteiger partial charge in [-0.15, -0.1) is 0 Å². The summed E-state index contributed by atoms with van der Waals surface area (Å²) < 4.78 is 10.5. The number of benzene rings is 1. The number of hydrogen-bond donors (Lipinski definition) is 3. The first kappa shape index (κ1) is 13.7. The minimum absolute atomic E-state index is 0.226. The molecule has 100 valence electrons. The van der Waals surface area contributed by atoms with Crippen LogP contribution in [0.2, 0.25) is 5.02 Å². The molecule has 4 atom stereocenters. The predicted molar refractivity (Wildman–Crippen MR) is 64.0 cm³/mol. The van der Waals surface area contributed by atoms with Gasteiger partial charge in [0, 0.05) is 5.02 Å². The highest BCUT2D eigenvalue weighted by Gasteiger charge is 2.42. The Balaban J connectivity index is 1.89. The zero-order valence-electron chi connectivity index (χ0n) is 9.57. The Morgan fingerprint density at radius 2 is 1.83 bits per heavy atom. The van der Waals surface area contributed by atoms with E-state index in [1.807, 2.05) is 0 Å². The van der Waals surface area contributed by atoms with Gasteiger partial charge in [-0.05, 0) is 17.7 Å². The average Bonchev–Trinajstić information content (AvgIpc) is 2.65. The van der Waals surface area contributed by atoms with Gasteiger partial charge in [0.05, 0.1) is 13.2 Å². The molecule has 0 aromatic heterocycles. The van der Waals surface area contributed by atoms with Crippen molar-refractivity contribution in [1.82, 2.24) is 0 Å². The summed E-state index contributed by atoms with van der Waals surface area (Å²) in [5.74, 6) is 0. The number of rotatable bonds is 4. The minimum Gasteiger partial charge on any atom is -0.394 e. The number of hydrogen-bond acceptors (Lipinski definition) is 5. The van der Waals surface area contributed by atoms with Crippen molar-refractivity contribution >= 4 is 11.6 Å². The molecule has 1 heterocycles. The van der Waals surface area contributed by atoms with Crippen LogP contribution in [0, 0.1) is 0 Å². The molecule has 1 aromatic rings.